The van der Waals surface area contributed by atoms with E-state index >= 15 is 0 Å². The zero-order valence-electron chi connectivity index (χ0n) is 6.34. The van der Waals surface area contributed by atoms with E-state index in [4.69, 9.17) is 0 Å². The second kappa shape index (κ2) is 1.97. The van der Waals surface area contributed by atoms with E-state index < -0.39 is 0 Å². The van der Waals surface area contributed by atoms with E-state index in [1.165, 1.54) is 6.42 Å². The number of hydrogen-bond donors (Lipinski definition) is 0. The van der Waals surface area contributed by atoms with Crippen molar-refractivity contribution < 1.29 is 4.79 Å². The summed E-state index contributed by atoms with van der Waals surface area (Å²) >= 11 is 0. The van der Waals surface area contributed by atoms with Gasteiger partial charge in [-0.2, -0.15) is 0 Å². The Morgan fingerprint density at radius 3 is 2.40 bits per heavy atom. The van der Waals surface area contributed by atoms with Crippen LogP contribution in [0.4, 0.5) is 0 Å². The lowest BCUT2D eigenvalue weighted by molar-refractivity contribution is -0.136. The van der Waals surface area contributed by atoms with Crippen LogP contribution < -0.4 is 0 Å². The first kappa shape index (κ1) is 6.20. The van der Waals surface area contributed by atoms with Gasteiger partial charge in [0.1, 0.15) is 0 Å². The minimum Gasteiger partial charge on any atom is -0.342 e. The molecule has 2 fully saturated rings. The number of hydrogen-bond acceptors (Lipinski definition) is 1. The maximum absolute atomic E-state index is 11.3. The molecule has 0 aromatic carbocycles. The van der Waals surface area contributed by atoms with Gasteiger partial charge in [0.2, 0.25) is 5.91 Å². The lowest BCUT2D eigenvalue weighted by atomic mass is 10.2. The quantitative estimate of drug-likeness (QED) is 0.528. The molecule has 0 aromatic heterocycles. The molecule has 56 valence electrons. The van der Waals surface area contributed by atoms with Crippen molar-refractivity contribution in [3.05, 3.63) is 0 Å². The first-order valence-electron chi connectivity index (χ1n) is 4.08. The van der Waals surface area contributed by atoms with E-state index in [2.05, 4.69) is 6.92 Å². The Morgan fingerprint density at radius 2 is 2.10 bits per heavy atom. The van der Waals surface area contributed by atoms with E-state index in [1.54, 1.807) is 0 Å². The second-order valence-corrected chi connectivity index (χ2v) is 3.50. The lowest BCUT2D eigenvalue weighted by Crippen LogP contribution is -2.43. The van der Waals surface area contributed by atoms with Crippen molar-refractivity contribution in [2.45, 2.75) is 19.8 Å². The van der Waals surface area contributed by atoms with Crippen LogP contribution in [0.5, 0.6) is 0 Å². The van der Waals surface area contributed by atoms with Crippen molar-refractivity contribution in [3.63, 3.8) is 0 Å². The molecule has 2 rings (SSSR count). The van der Waals surface area contributed by atoms with Crippen LogP contribution in [-0.2, 0) is 4.79 Å². The van der Waals surface area contributed by atoms with Crippen LogP contribution in [0.2, 0.25) is 0 Å². The van der Waals surface area contributed by atoms with Gasteiger partial charge in [0.25, 0.3) is 0 Å². The molecule has 1 amide bonds. The monoisotopic (exact) mass is 139 g/mol. The highest BCUT2D eigenvalue weighted by Gasteiger charge is 2.42. The van der Waals surface area contributed by atoms with E-state index in [0.717, 1.165) is 19.5 Å². The van der Waals surface area contributed by atoms with Gasteiger partial charge in [-0.05, 0) is 18.8 Å². The fraction of sp³-hybridized carbons (Fsp3) is 0.875. The Hall–Kier alpha value is -0.530. The van der Waals surface area contributed by atoms with Crippen LogP contribution in [0.25, 0.3) is 0 Å². The van der Waals surface area contributed by atoms with E-state index in [-0.39, 0.29) is 0 Å². The SMILES string of the molecule is CC1CC1C(=O)N1CCC1. The van der Waals surface area contributed by atoms with Gasteiger partial charge in [0, 0.05) is 19.0 Å². The molecule has 1 aliphatic heterocycles. The Kier molecular flexibility index (Phi) is 1.22. The van der Waals surface area contributed by atoms with Crippen molar-refractivity contribution in [1.82, 2.24) is 4.90 Å². The molecular weight excluding hydrogens is 126 g/mol. The summed E-state index contributed by atoms with van der Waals surface area (Å²) in [5, 5.41) is 0. The Morgan fingerprint density at radius 1 is 1.50 bits per heavy atom. The fourth-order valence-electron chi connectivity index (χ4n) is 1.44. The second-order valence-electron chi connectivity index (χ2n) is 3.50. The molecule has 2 unspecified atom stereocenters. The molecule has 2 heteroatoms. The van der Waals surface area contributed by atoms with Crippen LogP contribution in [0.1, 0.15) is 19.8 Å². The molecule has 1 saturated carbocycles. The third kappa shape index (κ3) is 0.825. The highest BCUT2D eigenvalue weighted by Crippen LogP contribution is 2.39. The minimum absolute atomic E-state index is 0.403. The summed E-state index contributed by atoms with van der Waals surface area (Å²) in [4.78, 5) is 13.3. The number of likely N-dealkylation sites (tertiary alicyclic amines) is 1. The molecule has 0 N–H and O–H groups in total. The van der Waals surface area contributed by atoms with Gasteiger partial charge < -0.3 is 4.90 Å². The number of rotatable bonds is 1. The van der Waals surface area contributed by atoms with E-state index in [1.807, 2.05) is 4.90 Å². The zero-order chi connectivity index (χ0) is 7.14. The summed E-state index contributed by atoms with van der Waals surface area (Å²) in [5.74, 6) is 1.49. The van der Waals surface area contributed by atoms with Gasteiger partial charge in [0.05, 0.1) is 0 Å². The zero-order valence-corrected chi connectivity index (χ0v) is 6.34. The number of amides is 1. The molecule has 0 spiro atoms. The van der Waals surface area contributed by atoms with Gasteiger partial charge in [-0.25, -0.2) is 0 Å². The van der Waals surface area contributed by atoms with E-state index in [0.29, 0.717) is 17.7 Å². The van der Waals surface area contributed by atoms with Crippen LogP contribution in [-0.4, -0.2) is 23.9 Å². The minimum atomic E-state index is 0.403. The maximum atomic E-state index is 11.3. The topological polar surface area (TPSA) is 20.3 Å². The van der Waals surface area contributed by atoms with Crippen molar-refractivity contribution in [2.24, 2.45) is 11.8 Å². The van der Waals surface area contributed by atoms with E-state index in [9.17, 15) is 4.79 Å². The summed E-state index contributed by atoms with van der Waals surface area (Å²) in [7, 11) is 0. The summed E-state index contributed by atoms with van der Waals surface area (Å²) in [5.41, 5.74) is 0. The van der Waals surface area contributed by atoms with Crippen LogP contribution in [0.15, 0.2) is 0 Å². The number of carbonyl (C=O) groups is 1. The van der Waals surface area contributed by atoms with Crippen molar-refractivity contribution >= 4 is 5.91 Å². The average molecular weight is 139 g/mol. The van der Waals surface area contributed by atoms with Gasteiger partial charge in [-0.3, -0.25) is 4.79 Å². The average Bonchev–Trinajstić information content (AvgIpc) is 2.41. The maximum Gasteiger partial charge on any atom is 0.225 e. The first-order chi connectivity index (χ1) is 4.79. The van der Waals surface area contributed by atoms with Crippen LogP contribution >= 0.6 is 0 Å². The predicted octanol–water partition coefficient (Wildman–Crippen LogP) is 0.875. The largest absolute Gasteiger partial charge is 0.342 e. The van der Waals surface area contributed by atoms with Gasteiger partial charge in [-0.15, -0.1) is 0 Å². The highest BCUT2D eigenvalue weighted by molar-refractivity contribution is 5.82. The summed E-state index contributed by atoms with van der Waals surface area (Å²) in [6, 6.07) is 0. The molecule has 2 nitrogen and oxygen atoms in total. The number of carbonyl (C=O) groups excluding carboxylic acids is 1. The molecule has 1 saturated heterocycles. The molecule has 10 heavy (non-hydrogen) atoms. The summed E-state index contributed by atoms with van der Waals surface area (Å²) in [6.45, 7) is 4.19. The van der Waals surface area contributed by atoms with Gasteiger partial charge >= 0.3 is 0 Å². The molecule has 0 bridgehead atoms. The molecule has 1 aliphatic carbocycles. The molecule has 2 atom stereocenters. The standard InChI is InChI=1S/C8H13NO/c1-6-5-7(6)8(10)9-3-2-4-9/h6-7H,2-5H2,1H3. The summed E-state index contributed by atoms with van der Waals surface area (Å²) in [6.07, 6.45) is 2.35. The predicted molar refractivity (Wildman–Crippen MR) is 38.5 cm³/mol. The number of nitrogens with zero attached hydrogens (tertiary/aromatic N) is 1. The molecular formula is C8H13NO. The molecule has 0 radical (unpaired) electrons. The van der Waals surface area contributed by atoms with Gasteiger partial charge in [0.15, 0.2) is 0 Å². The normalized spacial score (nSPS) is 37.1. The Bertz CT molecular complexity index is 156. The summed E-state index contributed by atoms with van der Waals surface area (Å²) < 4.78 is 0. The Balaban J connectivity index is 1.87. The fourth-order valence-corrected chi connectivity index (χ4v) is 1.44. The van der Waals surface area contributed by atoms with Gasteiger partial charge in [-0.1, -0.05) is 6.92 Å². The smallest absolute Gasteiger partial charge is 0.225 e. The molecule has 0 aromatic rings. The molecule has 2 aliphatic rings. The lowest BCUT2D eigenvalue weighted by Gasteiger charge is -2.31. The van der Waals surface area contributed by atoms with Crippen molar-refractivity contribution in [1.29, 1.82) is 0 Å². The first-order valence-corrected chi connectivity index (χ1v) is 4.08. The Labute approximate surface area is 61.2 Å². The van der Waals surface area contributed by atoms with Crippen LogP contribution in [0.3, 0.4) is 0 Å². The van der Waals surface area contributed by atoms with Crippen molar-refractivity contribution in [2.75, 3.05) is 13.1 Å². The van der Waals surface area contributed by atoms with Crippen LogP contribution in [0, 0.1) is 11.8 Å². The third-order valence-electron chi connectivity index (χ3n) is 2.59. The highest BCUT2D eigenvalue weighted by atomic mass is 16.2. The van der Waals surface area contributed by atoms with Crippen molar-refractivity contribution in [3.8, 4) is 0 Å². The third-order valence-corrected chi connectivity index (χ3v) is 2.59. The molecule has 1 heterocycles.